The molecule has 3 aromatic rings. The molecule has 51 heavy (non-hydrogen) atoms. The number of anilines is 1. The van der Waals surface area contributed by atoms with Crippen molar-refractivity contribution in [1.29, 1.82) is 0 Å². The van der Waals surface area contributed by atoms with Crippen LogP contribution in [0.4, 0.5) is 5.69 Å². The molecule has 2 aliphatic rings. The summed E-state index contributed by atoms with van der Waals surface area (Å²) in [4.78, 5) is 62.5. The summed E-state index contributed by atoms with van der Waals surface area (Å²) >= 11 is 0. The van der Waals surface area contributed by atoms with Crippen molar-refractivity contribution >= 4 is 35.5 Å². The number of carbonyl (C=O) groups is 5. The van der Waals surface area contributed by atoms with Crippen LogP contribution in [0.3, 0.4) is 0 Å². The quantitative estimate of drug-likeness (QED) is 0.107. The van der Waals surface area contributed by atoms with Crippen LogP contribution < -0.4 is 19.5 Å². The van der Waals surface area contributed by atoms with Gasteiger partial charge >= 0.3 is 23.9 Å². The van der Waals surface area contributed by atoms with Crippen molar-refractivity contribution in [2.45, 2.75) is 98.5 Å². The maximum absolute atomic E-state index is 13.7. The van der Waals surface area contributed by atoms with E-state index in [0.29, 0.717) is 41.6 Å². The van der Waals surface area contributed by atoms with E-state index in [2.05, 4.69) is 5.32 Å². The molecule has 11 heteroatoms. The number of unbranched alkanes of at least 4 members (excludes halogenated alkanes) is 5. The standard InChI is InChI=1S/C40H45NO10/c1-38(2,3)36(46)48-25-16-19-29-31(22-25)50-32-23-26(49-37(47)39(4,5)6)17-20-30(32)40(29)28-18-15-24(21-27(28)35(45)51-40)41-33(42)13-11-9-7-8-10-12-14-34(43)44/h15-23H,7-14H2,1-6H3,(H,41,42)(H,43,44). The lowest BCUT2D eigenvalue weighted by atomic mass is 9.77. The summed E-state index contributed by atoms with van der Waals surface area (Å²) in [7, 11) is 0. The summed E-state index contributed by atoms with van der Waals surface area (Å²) < 4.78 is 23.9. The highest BCUT2D eigenvalue weighted by Gasteiger charge is 2.54. The van der Waals surface area contributed by atoms with Gasteiger partial charge in [-0.25, -0.2) is 4.79 Å². The van der Waals surface area contributed by atoms with Crippen molar-refractivity contribution in [3.63, 3.8) is 0 Å². The Bertz CT molecular complexity index is 1790. The third-order valence-corrected chi connectivity index (χ3v) is 8.72. The Kier molecular flexibility index (Phi) is 10.6. The van der Waals surface area contributed by atoms with E-state index in [1.54, 1.807) is 96.1 Å². The summed E-state index contributed by atoms with van der Waals surface area (Å²) in [6.07, 6.45) is 5.39. The average molecular weight is 700 g/mol. The maximum atomic E-state index is 13.7. The second kappa shape index (κ2) is 14.6. The molecule has 0 atom stereocenters. The molecule has 5 rings (SSSR count). The highest BCUT2D eigenvalue weighted by molar-refractivity contribution is 5.99. The molecule has 11 nitrogen and oxygen atoms in total. The Morgan fingerprint density at radius 3 is 1.69 bits per heavy atom. The van der Waals surface area contributed by atoms with E-state index in [4.69, 9.17) is 24.1 Å². The number of rotatable bonds is 12. The van der Waals surface area contributed by atoms with Crippen molar-refractivity contribution in [1.82, 2.24) is 0 Å². The Hall–Kier alpha value is -5.19. The summed E-state index contributed by atoms with van der Waals surface area (Å²) in [6.45, 7) is 10.5. The fourth-order valence-electron chi connectivity index (χ4n) is 5.91. The number of carboxylic acid groups (broad SMARTS) is 1. The lowest BCUT2D eigenvalue weighted by molar-refractivity contribution is -0.143. The number of carbonyl (C=O) groups excluding carboxylic acids is 4. The number of aliphatic carboxylic acids is 1. The van der Waals surface area contributed by atoms with Gasteiger partial charge in [-0.05, 0) is 90.8 Å². The van der Waals surface area contributed by atoms with E-state index < -0.39 is 40.3 Å². The molecular weight excluding hydrogens is 654 g/mol. The number of ether oxygens (including phenoxy) is 4. The lowest BCUT2D eigenvalue weighted by Crippen LogP contribution is -2.33. The van der Waals surface area contributed by atoms with E-state index in [9.17, 15) is 24.0 Å². The number of esters is 3. The summed E-state index contributed by atoms with van der Waals surface area (Å²) in [5, 5.41) is 11.6. The lowest BCUT2D eigenvalue weighted by Gasteiger charge is -2.36. The zero-order chi connectivity index (χ0) is 37.1. The first kappa shape index (κ1) is 37.1. The summed E-state index contributed by atoms with van der Waals surface area (Å²) in [6, 6.07) is 14.8. The van der Waals surface area contributed by atoms with Gasteiger partial charge < -0.3 is 29.4 Å². The Labute approximate surface area is 297 Å². The van der Waals surface area contributed by atoms with Crippen LogP contribution >= 0.6 is 0 Å². The Morgan fingerprint density at radius 1 is 0.686 bits per heavy atom. The minimum atomic E-state index is -1.46. The maximum Gasteiger partial charge on any atom is 0.340 e. The largest absolute Gasteiger partial charge is 0.481 e. The van der Waals surface area contributed by atoms with Gasteiger partial charge in [-0.15, -0.1) is 0 Å². The number of carboxylic acids is 1. The van der Waals surface area contributed by atoms with Gasteiger partial charge in [-0.1, -0.05) is 31.7 Å². The summed E-state index contributed by atoms with van der Waals surface area (Å²) in [5.41, 5.74) is -0.738. The van der Waals surface area contributed by atoms with Gasteiger partial charge in [-0.3, -0.25) is 19.2 Å². The van der Waals surface area contributed by atoms with Crippen molar-refractivity contribution in [2.24, 2.45) is 10.8 Å². The van der Waals surface area contributed by atoms with Crippen LogP contribution in [0.1, 0.15) is 120 Å². The van der Waals surface area contributed by atoms with E-state index in [0.717, 1.165) is 25.7 Å². The van der Waals surface area contributed by atoms with E-state index in [1.165, 1.54) is 0 Å². The molecule has 0 unspecified atom stereocenters. The van der Waals surface area contributed by atoms with E-state index in [-0.39, 0.29) is 40.9 Å². The molecule has 0 saturated carbocycles. The van der Waals surface area contributed by atoms with Crippen LogP contribution in [-0.2, 0) is 29.5 Å². The van der Waals surface area contributed by atoms with Gasteiger partial charge in [0.05, 0.1) is 16.4 Å². The van der Waals surface area contributed by atoms with Gasteiger partial charge in [0.1, 0.15) is 23.0 Å². The van der Waals surface area contributed by atoms with Crippen molar-refractivity contribution in [2.75, 3.05) is 5.32 Å². The number of hydrogen-bond donors (Lipinski definition) is 2. The average Bonchev–Trinajstić information content (AvgIpc) is 3.32. The monoisotopic (exact) mass is 699 g/mol. The van der Waals surface area contributed by atoms with Crippen LogP contribution in [0.2, 0.25) is 0 Å². The molecule has 0 radical (unpaired) electrons. The number of hydrogen-bond acceptors (Lipinski definition) is 9. The highest BCUT2D eigenvalue weighted by Crippen LogP contribution is 2.57. The molecular formula is C40H45NO10. The second-order valence-corrected chi connectivity index (χ2v) is 15.1. The molecule has 0 aliphatic carbocycles. The van der Waals surface area contributed by atoms with Crippen LogP contribution in [0.15, 0.2) is 54.6 Å². The van der Waals surface area contributed by atoms with Gasteiger partial charge in [0, 0.05) is 47.4 Å². The van der Waals surface area contributed by atoms with Gasteiger partial charge in [0.2, 0.25) is 5.91 Å². The second-order valence-electron chi connectivity index (χ2n) is 15.1. The van der Waals surface area contributed by atoms with Crippen LogP contribution in [0.5, 0.6) is 23.0 Å². The van der Waals surface area contributed by atoms with E-state index >= 15 is 0 Å². The number of fused-ring (bicyclic) bond motifs is 6. The first-order valence-electron chi connectivity index (χ1n) is 17.3. The molecule has 2 heterocycles. The zero-order valence-electron chi connectivity index (χ0n) is 30.0. The molecule has 0 bridgehead atoms. The first-order valence-corrected chi connectivity index (χ1v) is 17.3. The van der Waals surface area contributed by atoms with Gasteiger partial charge in [-0.2, -0.15) is 0 Å². The Morgan fingerprint density at radius 2 is 1.18 bits per heavy atom. The molecule has 0 saturated heterocycles. The van der Waals surface area contributed by atoms with Crippen molar-refractivity contribution in [3.05, 3.63) is 76.9 Å². The van der Waals surface area contributed by atoms with E-state index in [1.807, 2.05) is 0 Å². The fourth-order valence-corrected chi connectivity index (χ4v) is 5.91. The smallest absolute Gasteiger partial charge is 0.340 e. The molecule has 0 aromatic heterocycles. The number of amides is 1. The number of benzene rings is 3. The van der Waals surface area contributed by atoms with Crippen LogP contribution in [0.25, 0.3) is 0 Å². The first-order chi connectivity index (χ1) is 24.0. The fraction of sp³-hybridized carbons (Fsp3) is 0.425. The SMILES string of the molecule is CC(C)(C)C(=O)Oc1ccc2c(c1)Oc1cc(OC(=O)C(C)(C)C)ccc1C21OC(=O)c2cc(NC(=O)CCCCCCCCC(=O)O)ccc21. The predicted octanol–water partition coefficient (Wildman–Crippen LogP) is 8.30. The third kappa shape index (κ3) is 8.24. The normalized spacial score (nSPS) is 14.0. The van der Waals surface area contributed by atoms with Crippen LogP contribution in [-0.4, -0.2) is 34.9 Å². The molecule has 2 aliphatic heterocycles. The molecule has 270 valence electrons. The van der Waals surface area contributed by atoms with Gasteiger partial charge in [0.25, 0.3) is 0 Å². The highest BCUT2D eigenvalue weighted by atomic mass is 16.6. The summed E-state index contributed by atoms with van der Waals surface area (Å²) in [5.74, 6) is -1.41. The minimum absolute atomic E-state index is 0.177. The minimum Gasteiger partial charge on any atom is -0.481 e. The third-order valence-electron chi connectivity index (χ3n) is 8.72. The predicted molar refractivity (Wildman–Crippen MR) is 188 cm³/mol. The number of nitrogens with one attached hydrogen (secondary N) is 1. The molecule has 3 aromatic carbocycles. The van der Waals surface area contributed by atoms with Crippen LogP contribution in [0, 0.1) is 10.8 Å². The van der Waals surface area contributed by atoms with Crippen molar-refractivity contribution in [3.8, 4) is 23.0 Å². The Balaban J connectivity index is 1.42. The molecule has 1 spiro atoms. The topological polar surface area (TPSA) is 155 Å². The molecule has 0 fully saturated rings. The molecule has 1 amide bonds. The van der Waals surface area contributed by atoms with Gasteiger partial charge in [0.15, 0.2) is 5.60 Å². The molecule has 2 N–H and O–H groups in total. The van der Waals surface area contributed by atoms with Crippen molar-refractivity contribution < 1.29 is 48.0 Å². The zero-order valence-corrected chi connectivity index (χ0v) is 30.0.